The number of hydrogen-bond donors (Lipinski definition) is 0. The molecule has 0 aliphatic heterocycles. The van der Waals surface area contributed by atoms with Gasteiger partial charge < -0.3 is 0 Å². The molecule has 0 spiro atoms. The minimum atomic E-state index is 0. The molecule has 0 bridgehead atoms. The summed E-state index contributed by atoms with van der Waals surface area (Å²) < 4.78 is 0. The van der Waals surface area contributed by atoms with Gasteiger partial charge in [-0.3, -0.25) is 0 Å². The predicted octanol–water partition coefficient (Wildman–Crippen LogP) is -1.89. The van der Waals surface area contributed by atoms with Gasteiger partial charge in [-0.25, -0.2) is 0 Å². The molecule has 0 saturated carbocycles. The summed E-state index contributed by atoms with van der Waals surface area (Å²) in [4.78, 5) is 0. The monoisotopic (exact) mass is 111 g/mol. The summed E-state index contributed by atoms with van der Waals surface area (Å²) in [6, 6.07) is 12.5. The van der Waals surface area contributed by atoms with Gasteiger partial charge in [0.05, 0.1) is 0 Å². The van der Waals surface area contributed by atoms with Gasteiger partial charge in [0.1, 0.15) is 0 Å². The van der Waals surface area contributed by atoms with E-state index in [0.717, 1.165) is 0 Å². The van der Waals surface area contributed by atoms with Crippen LogP contribution in [0.2, 0.25) is 0 Å². The molecule has 8 heavy (non-hydrogen) atoms. The van der Waals surface area contributed by atoms with E-state index in [1.165, 1.54) is 0 Å². The van der Waals surface area contributed by atoms with Crippen LogP contribution in [0.4, 0.5) is 0 Å². The minimum Gasteiger partial charge on any atom is -0.184 e. The van der Waals surface area contributed by atoms with Gasteiger partial charge in [0.2, 0.25) is 0 Å². The molecule has 1 aromatic rings. The smallest absolute Gasteiger partial charge is 0.184 e. The molecular formula is C6H5BNa. The maximum absolute atomic E-state index is 2.89. The first-order chi connectivity index (χ1) is 3.00. The molecule has 3 radical (unpaired) electrons. The molecule has 0 saturated heterocycles. The van der Waals surface area contributed by atoms with Crippen LogP contribution in [0, 0.1) is 6.07 Å². The minimum absolute atomic E-state index is 0. The Labute approximate surface area is 74.2 Å². The van der Waals surface area contributed by atoms with E-state index in [4.69, 9.17) is 0 Å². The second-order valence-corrected chi connectivity index (χ2v) is 1.08. The van der Waals surface area contributed by atoms with Crippen molar-refractivity contribution in [2.45, 2.75) is 0 Å². The average Bonchev–Trinajstić information content (AvgIpc) is 1.72. The van der Waals surface area contributed by atoms with Crippen molar-refractivity contribution in [1.29, 1.82) is 0 Å². The molecule has 0 N–H and O–H groups in total. The normalized spacial score (nSPS) is 6.00. The maximum Gasteiger partial charge on any atom is 1.00 e. The van der Waals surface area contributed by atoms with E-state index in [-0.39, 0.29) is 38.0 Å². The largest absolute Gasteiger partial charge is 1.00 e. The fourth-order valence-electron chi connectivity index (χ4n) is 0.342. The maximum atomic E-state index is 2.89. The zero-order valence-corrected chi connectivity index (χ0v) is 6.96. The molecule has 0 aliphatic carbocycles. The van der Waals surface area contributed by atoms with E-state index in [2.05, 4.69) is 6.07 Å². The average molecular weight is 111 g/mol. The third-order valence-electron chi connectivity index (χ3n) is 0.607. The van der Waals surface area contributed by atoms with Crippen molar-refractivity contribution in [2.75, 3.05) is 0 Å². The molecule has 0 fully saturated rings. The topological polar surface area (TPSA) is 0 Å². The third kappa shape index (κ3) is 4.44. The van der Waals surface area contributed by atoms with Crippen LogP contribution >= 0.6 is 0 Å². The van der Waals surface area contributed by atoms with Gasteiger partial charge in [-0.1, -0.05) is 0 Å². The molecule has 0 atom stereocenters. The SMILES string of the molecule is [B].[Na+].[c-]1ccccc1. The Morgan fingerprint density at radius 2 is 1.38 bits per heavy atom. The van der Waals surface area contributed by atoms with E-state index < -0.39 is 0 Å². The van der Waals surface area contributed by atoms with Crippen LogP contribution in [0.15, 0.2) is 30.3 Å². The van der Waals surface area contributed by atoms with Crippen molar-refractivity contribution in [3.63, 3.8) is 0 Å². The van der Waals surface area contributed by atoms with Crippen LogP contribution in [0.25, 0.3) is 0 Å². The van der Waals surface area contributed by atoms with Gasteiger partial charge >= 0.3 is 29.6 Å². The van der Waals surface area contributed by atoms with Crippen LogP contribution < -0.4 is 29.6 Å². The summed E-state index contributed by atoms with van der Waals surface area (Å²) in [5, 5.41) is 0. The first kappa shape index (κ1) is 11.1. The van der Waals surface area contributed by atoms with Gasteiger partial charge in [0.15, 0.2) is 0 Å². The molecule has 0 nitrogen and oxygen atoms in total. The third-order valence-corrected chi connectivity index (χ3v) is 0.607. The van der Waals surface area contributed by atoms with Gasteiger partial charge in [-0.05, 0) is 0 Å². The fourth-order valence-corrected chi connectivity index (χ4v) is 0.342. The van der Waals surface area contributed by atoms with Crippen LogP contribution in [0.5, 0.6) is 0 Å². The molecule has 0 unspecified atom stereocenters. The molecule has 0 aliphatic rings. The van der Waals surface area contributed by atoms with Crippen LogP contribution in [-0.2, 0) is 0 Å². The van der Waals surface area contributed by atoms with Gasteiger partial charge in [-0.15, -0.1) is 0 Å². The molecule has 2 heteroatoms. The Morgan fingerprint density at radius 1 is 0.875 bits per heavy atom. The first-order valence-corrected chi connectivity index (χ1v) is 1.91. The number of benzene rings is 1. The van der Waals surface area contributed by atoms with Crippen molar-refractivity contribution >= 4 is 8.41 Å². The molecule has 1 rings (SSSR count). The Hall–Kier alpha value is 0.285. The molecule has 33 valence electrons. The zero-order chi connectivity index (χ0) is 4.24. The van der Waals surface area contributed by atoms with E-state index in [1.54, 1.807) is 0 Å². The van der Waals surface area contributed by atoms with Crippen LogP contribution in [0.3, 0.4) is 0 Å². The Morgan fingerprint density at radius 3 is 1.50 bits per heavy atom. The Balaban J connectivity index is 0. The Kier molecular flexibility index (Phi) is 10.1. The van der Waals surface area contributed by atoms with Gasteiger partial charge in [0.25, 0.3) is 0 Å². The number of hydrogen-bond acceptors (Lipinski definition) is 0. The van der Waals surface area contributed by atoms with Crippen molar-refractivity contribution in [2.24, 2.45) is 0 Å². The Bertz CT molecular complexity index is 80.5. The molecule has 0 amide bonds. The van der Waals surface area contributed by atoms with Crippen LogP contribution in [-0.4, -0.2) is 8.41 Å². The molecule has 1 aromatic carbocycles. The van der Waals surface area contributed by atoms with E-state index in [9.17, 15) is 0 Å². The van der Waals surface area contributed by atoms with Crippen molar-refractivity contribution in [1.82, 2.24) is 0 Å². The predicted molar refractivity (Wildman–Crippen MR) is 31.0 cm³/mol. The summed E-state index contributed by atoms with van der Waals surface area (Å²) in [6.07, 6.45) is 0. The van der Waals surface area contributed by atoms with Crippen LogP contribution in [0.1, 0.15) is 0 Å². The fraction of sp³-hybridized carbons (Fsp3) is 0. The summed E-state index contributed by atoms with van der Waals surface area (Å²) >= 11 is 0. The van der Waals surface area contributed by atoms with Gasteiger partial charge in [0, 0.05) is 8.41 Å². The van der Waals surface area contributed by atoms with Gasteiger partial charge in [-0.2, -0.15) is 36.4 Å². The second kappa shape index (κ2) is 7.28. The standard InChI is InChI=1S/C6H5.B.Na/c1-2-4-6-5-3-1;;/h1-5H;;/q-1;;+1. The zero-order valence-electron chi connectivity index (χ0n) is 4.96. The molecular weight excluding hydrogens is 106 g/mol. The summed E-state index contributed by atoms with van der Waals surface area (Å²) in [5.74, 6) is 0. The van der Waals surface area contributed by atoms with E-state index in [1.807, 2.05) is 30.3 Å². The van der Waals surface area contributed by atoms with E-state index >= 15 is 0 Å². The second-order valence-electron chi connectivity index (χ2n) is 1.08. The van der Waals surface area contributed by atoms with Crippen molar-refractivity contribution < 1.29 is 29.6 Å². The summed E-state index contributed by atoms with van der Waals surface area (Å²) in [6.45, 7) is 0. The summed E-state index contributed by atoms with van der Waals surface area (Å²) in [7, 11) is 0. The number of rotatable bonds is 0. The first-order valence-electron chi connectivity index (χ1n) is 1.91. The molecule has 0 heterocycles. The van der Waals surface area contributed by atoms with Crippen molar-refractivity contribution in [3.05, 3.63) is 36.4 Å². The van der Waals surface area contributed by atoms with Crippen molar-refractivity contribution in [3.8, 4) is 0 Å². The molecule has 0 aromatic heterocycles. The van der Waals surface area contributed by atoms with E-state index in [0.29, 0.717) is 0 Å². The summed E-state index contributed by atoms with van der Waals surface area (Å²) in [5.41, 5.74) is 0. The quantitative estimate of drug-likeness (QED) is 0.271.